The lowest BCUT2D eigenvalue weighted by molar-refractivity contribution is 0.103. The Morgan fingerprint density at radius 1 is 0.903 bits per heavy atom. The predicted octanol–water partition coefficient (Wildman–Crippen LogP) is 4.55. The molecule has 1 aliphatic rings. The van der Waals surface area contributed by atoms with Crippen LogP contribution in [0.2, 0.25) is 0 Å². The summed E-state index contributed by atoms with van der Waals surface area (Å²) in [5.74, 6) is 0.544. The number of rotatable bonds is 4. The number of ether oxygens (including phenoxy) is 1. The van der Waals surface area contributed by atoms with Gasteiger partial charge in [0.1, 0.15) is 5.82 Å². The molecule has 1 saturated heterocycles. The molecule has 0 atom stereocenters. The van der Waals surface area contributed by atoms with Gasteiger partial charge in [-0.15, -0.1) is 0 Å². The lowest BCUT2D eigenvalue weighted by Gasteiger charge is -2.29. The maximum atomic E-state index is 13.2. The Bertz CT molecular complexity index is 1250. The van der Waals surface area contributed by atoms with Gasteiger partial charge in [0.2, 0.25) is 0 Å². The normalized spacial score (nSPS) is 14.0. The van der Waals surface area contributed by atoms with Crippen LogP contribution in [0.4, 0.5) is 11.5 Å². The van der Waals surface area contributed by atoms with E-state index in [0.29, 0.717) is 30.2 Å². The molecular weight excluding hydrogens is 386 g/mol. The Morgan fingerprint density at radius 3 is 2.45 bits per heavy atom. The number of nitrogen functional groups attached to an aromatic ring is 1. The second-order valence-electron chi connectivity index (χ2n) is 7.64. The van der Waals surface area contributed by atoms with Gasteiger partial charge in [-0.2, -0.15) is 0 Å². The van der Waals surface area contributed by atoms with E-state index < -0.39 is 0 Å². The van der Waals surface area contributed by atoms with Crippen LogP contribution in [0.1, 0.15) is 15.9 Å². The Balaban J connectivity index is 1.58. The van der Waals surface area contributed by atoms with Crippen LogP contribution >= 0.6 is 0 Å². The molecule has 31 heavy (non-hydrogen) atoms. The smallest absolute Gasteiger partial charge is 0.193 e. The topological polar surface area (TPSA) is 68.5 Å². The lowest BCUT2D eigenvalue weighted by Crippen LogP contribution is -2.36. The van der Waals surface area contributed by atoms with Crippen molar-refractivity contribution in [3.8, 4) is 11.1 Å². The zero-order valence-corrected chi connectivity index (χ0v) is 17.1. The maximum Gasteiger partial charge on any atom is 0.193 e. The third-order valence-corrected chi connectivity index (χ3v) is 5.69. The van der Waals surface area contributed by atoms with Crippen molar-refractivity contribution in [2.75, 3.05) is 36.9 Å². The van der Waals surface area contributed by atoms with E-state index in [2.05, 4.69) is 22.0 Å². The fourth-order valence-electron chi connectivity index (χ4n) is 4.08. The van der Waals surface area contributed by atoms with Gasteiger partial charge in [-0.1, -0.05) is 60.7 Å². The van der Waals surface area contributed by atoms with Crippen molar-refractivity contribution in [2.24, 2.45) is 0 Å². The summed E-state index contributed by atoms with van der Waals surface area (Å²) in [5.41, 5.74) is 11.3. The molecule has 5 heteroatoms. The van der Waals surface area contributed by atoms with Crippen LogP contribution in [0.5, 0.6) is 0 Å². The van der Waals surface area contributed by atoms with Gasteiger partial charge >= 0.3 is 0 Å². The summed E-state index contributed by atoms with van der Waals surface area (Å²) in [6.45, 7) is 2.97. The number of morpholine rings is 1. The quantitative estimate of drug-likeness (QED) is 0.501. The molecule has 0 amide bonds. The number of aromatic nitrogens is 1. The number of hydrogen-bond donors (Lipinski definition) is 1. The average Bonchev–Trinajstić information content (AvgIpc) is 2.84. The highest BCUT2D eigenvalue weighted by Crippen LogP contribution is 2.32. The molecule has 0 unspecified atom stereocenters. The van der Waals surface area contributed by atoms with Gasteiger partial charge in [0, 0.05) is 29.6 Å². The maximum absolute atomic E-state index is 13.2. The van der Waals surface area contributed by atoms with E-state index >= 15 is 0 Å². The lowest BCUT2D eigenvalue weighted by atomic mass is 9.93. The van der Waals surface area contributed by atoms with Gasteiger partial charge in [0.05, 0.1) is 24.4 Å². The molecule has 1 aromatic heterocycles. The van der Waals surface area contributed by atoms with Crippen LogP contribution in [0.3, 0.4) is 0 Å². The molecule has 5 rings (SSSR count). The van der Waals surface area contributed by atoms with Gasteiger partial charge in [-0.25, -0.2) is 4.98 Å². The van der Waals surface area contributed by atoms with Crippen LogP contribution in [-0.2, 0) is 4.74 Å². The molecular formula is C26H23N3O2. The minimum Gasteiger partial charge on any atom is -0.382 e. The van der Waals surface area contributed by atoms with Crippen LogP contribution < -0.4 is 10.6 Å². The number of benzene rings is 3. The molecule has 0 spiro atoms. The minimum absolute atomic E-state index is 0.0146. The number of hydrogen-bond acceptors (Lipinski definition) is 5. The number of fused-ring (bicyclic) bond motifs is 1. The summed E-state index contributed by atoms with van der Waals surface area (Å²) in [4.78, 5) is 20.0. The Labute approximate surface area is 181 Å². The molecule has 0 bridgehead atoms. The van der Waals surface area contributed by atoms with Gasteiger partial charge in [0.25, 0.3) is 0 Å². The molecule has 154 valence electrons. The highest BCUT2D eigenvalue weighted by Gasteiger charge is 2.17. The first kappa shape index (κ1) is 19.3. The molecule has 1 fully saturated rings. The Hall–Kier alpha value is -3.70. The highest BCUT2D eigenvalue weighted by atomic mass is 16.5. The zero-order valence-electron chi connectivity index (χ0n) is 17.1. The molecule has 0 radical (unpaired) electrons. The number of ketones is 1. The van der Waals surface area contributed by atoms with Crippen molar-refractivity contribution >= 4 is 28.2 Å². The molecule has 4 aromatic rings. The molecule has 2 heterocycles. The number of nitrogens with two attached hydrogens (primary N) is 1. The fraction of sp³-hybridized carbons (Fsp3) is 0.154. The van der Waals surface area contributed by atoms with Crippen molar-refractivity contribution in [1.82, 2.24) is 4.98 Å². The summed E-state index contributed by atoms with van der Waals surface area (Å²) in [6.07, 6.45) is 0. The van der Waals surface area contributed by atoms with E-state index in [9.17, 15) is 4.79 Å². The molecule has 0 aliphatic carbocycles. The summed E-state index contributed by atoms with van der Waals surface area (Å²) in [6, 6.07) is 25.3. The van der Waals surface area contributed by atoms with E-state index in [4.69, 9.17) is 10.5 Å². The molecule has 3 aromatic carbocycles. The number of anilines is 2. The van der Waals surface area contributed by atoms with Crippen LogP contribution in [0.15, 0.2) is 78.9 Å². The monoisotopic (exact) mass is 409 g/mol. The average molecular weight is 409 g/mol. The largest absolute Gasteiger partial charge is 0.382 e. The minimum atomic E-state index is 0.0146. The number of carbonyl (C=O) groups is 1. The van der Waals surface area contributed by atoms with Crippen molar-refractivity contribution in [1.29, 1.82) is 0 Å². The van der Waals surface area contributed by atoms with E-state index in [0.717, 1.165) is 40.8 Å². The van der Waals surface area contributed by atoms with Crippen LogP contribution in [-0.4, -0.2) is 37.1 Å². The standard InChI is InChI=1S/C26H23N3O2/c27-26-24(29-12-14-31-15-13-29)17-20-16-19(10-11-23(20)28-26)21-8-4-5-9-22(21)25(30)18-6-2-1-3-7-18/h1-11,16-17H,12-15H2,(H2,27,28). The number of nitrogens with zero attached hydrogens (tertiary/aromatic N) is 2. The summed E-state index contributed by atoms with van der Waals surface area (Å²) >= 11 is 0. The SMILES string of the molecule is Nc1nc2ccc(-c3ccccc3C(=O)c3ccccc3)cc2cc1N1CCOCC1. The summed E-state index contributed by atoms with van der Waals surface area (Å²) in [7, 11) is 0. The zero-order chi connectivity index (χ0) is 21.2. The highest BCUT2D eigenvalue weighted by molar-refractivity contribution is 6.13. The summed E-state index contributed by atoms with van der Waals surface area (Å²) in [5, 5.41) is 0.996. The molecule has 5 nitrogen and oxygen atoms in total. The van der Waals surface area contributed by atoms with Crippen LogP contribution in [0.25, 0.3) is 22.0 Å². The molecule has 2 N–H and O–H groups in total. The Kier molecular flexibility index (Phi) is 5.10. The van der Waals surface area contributed by atoms with E-state index in [-0.39, 0.29) is 5.78 Å². The third kappa shape index (κ3) is 3.76. The van der Waals surface area contributed by atoms with Crippen LogP contribution in [0, 0.1) is 0 Å². The Morgan fingerprint density at radius 2 is 1.65 bits per heavy atom. The second kappa shape index (κ2) is 8.20. The van der Waals surface area contributed by atoms with Gasteiger partial charge < -0.3 is 15.4 Å². The van der Waals surface area contributed by atoms with Gasteiger partial charge in [-0.3, -0.25) is 4.79 Å². The van der Waals surface area contributed by atoms with Gasteiger partial charge in [0.15, 0.2) is 5.78 Å². The fourth-order valence-corrected chi connectivity index (χ4v) is 4.08. The van der Waals surface area contributed by atoms with E-state index in [1.807, 2.05) is 66.7 Å². The van der Waals surface area contributed by atoms with Crippen molar-refractivity contribution in [3.63, 3.8) is 0 Å². The van der Waals surface area contributed by atoms with Gasteiger partial charge in [-0.05, 0) is 29.3 Å². The number of carbonyl (C=O) groups excluding carboxylic acids is 1. The summed E-state index contributed by atoms with van der Waals surface area (Å²) < 4.78 is 5.46. The van der Waals surface area contributed by atoms with E-state index in [1.54, 1.807) is 0 Å². The molecule has 0 saturated carbocycles. The third-order valence-electron chi connectivity index (χ3n) is 5.69. The number of pyridine rings is 1. The van der Waals surface area contributed by atoms with Crippen molar-refractivity contribution in [2.45, 2.75) is 0 Å². The first-order chi connectivity index (χ1) is 15.2. The van der Waals surface area contributed by atoms with Crippen molar-refractivity contribution < 1.29 is 9.53 Å². The first-order valence-corrected chi connectivity index (χ1v) is 10.4. The predicted molar refractivity (Wildman–Crippen MR) is 124 cm³/mol. The molecule has 1 aliphatic heterocycles. The van der Waals surface area contributed by atoms with Crippen molar-refractivity contribution in [3.05, 3.63) is 90.0 Å². The first-order valence-electron chi connectivity index (χ1n) is 10.4. The second-order valence-corrected chi connectivity index (χ2v) is 7.64. The van der Waals surface area contributed by atoms with E-state index in [1.165, 1.54) is 0 Å².